The van der Waals surface area contributed by atoms with E-state index in [0.29, 0.717) is 36.2 Å². The molecule has 180 valence electrons. The van der Waals surface area contributed by atoms with E-state index in [9.17, 15) is 4.79 Å². The molecule has 2 aromatic heterocycles. The molecule has 35 heavy (non-hydrogen) atoms. The lowest BCUT2D eigenvalue weighted by molar-refractivity contribution is -0.129. The summed E-state index contributed by atoms with van der Waals surface area (Å²) in [4.78, 5) is 22.0. The third-order valence-corrected chi connectivity index (χ3v) is 7.07. The highest BCUT2D eigenvalue weighted by molar-refractivity contribution is 6.39. The van der Waals surface area contributed by atoms with Gasteiger partial charge < -0.3 is 15.1 Å². The Kier molecular flexibility index (Phi) is 6.84. The van der Waals surface area contributed by atoms with E-state index in [0.717, 1.165) is 34.8 Å². The Morgan fingerprint density at radius 3 is 2.34 bits per heavy atom. The minimum Gasteiger partial charge on any atom is -0.366 e. The summed E-state index contributed by atoms with van der Waals surface area (Å²) in [5.41, 5.74) is 4.81. The van der Waals surface area contributed by atoms with Crippen LogP contribution in [0.2, 0.25) is 10.0 Å². The molecule has 0 bridgehead atoms. The molecule has 1 saturated heterocycles. The minimum absolute atomic E-state index is 0.0491. The molecule has 8 heteroatoms. The largest absolute Gasteiger partial charge is 0.366 e. The van der Waals surface area contributed by atoms with Crippen molar-refractivity contribution in [2.45, 2.75) is 13.3 Å². The fourth-order valence-electron chi connectivity index (χ4n) is 4.51. The van der Waals surface area contributed by atoms with Gasteiger partial charge in [-0.25, -0.2) is 4.98 Å². The molecule has 1 aliphatic rings. The van der Waals surface area contributed by atoms with E-state index in [-0.39, 0.29) is 12.5 Å². The number of halogens is 2. The number of anilines is 2. The number of pyridine rings is 1. The van der Waals surface area contributed by atoms with Crippen LogP contribution in [0.1, 0.15) is 12.5 Å². The van der Waals surface area contributed by atoms with Gasteiger partial charge in [-0.1, -0.05) is 66.5 Å². The van der Waals surface area contributed by atoms with Gasteiger partial charge in [0, 0.05) is 37.9 Å². The Balaban J connectivity index is 1.29. The number of nitrogens with one attached hydrogen (secondary N) is 1. The summed E-state index contributed by atoms with van der Waals surface area (Å²) in [5, 5.41) is 4.64. The molecule has 4 aromatic rings. The molecule has 0 saturated carbocycles. The molecule has 3 heterocycles. The predicted molar refractivity (Wildman–Crippen MR) is 144 cm³/mol. The van der Waals surface area contributed by atoms with Crippen molar-refractivity contribution in [3.8, 4) is 11.3 Å². The Morgan fingerprint density at radius 1 is 0.943 bits per heavy atom. The van der Waals surface area contributed by atoms with Gasteiger partial charge in [-0.2, -0.15) is 0 Å². The first kappa shape index (κ1) is 23.5. The van der Waals surface area contributed by atoms with Gasteiger partial charge in [0.2, 0.25) is 5.91 Å². The lowest BCUT2D eigenvalue weighted by Gasteiger charge is -2.37. The minimum atomic E-state index is 0.0491. The number of imidazole rings is 1. The fraction of sp³-hybridized carbons (Fsp3) is 0.259. The maximum absolute atomic E-state index is 13.1. The van der Waals surface area contributed by atoms with Crippen LogP contribution in [0.25, 0.3) is 16.9 Å². The SMILES string of the molecule is CCc1ccc(-c2nc3ccccn3c2NCC(=O)N2CCN(c3c(Cl)cccc3Cl)CC2)cc1. The van der Waals surface area contributed by atoms with E-state index >= 15 is 0 Å². The molecule has 1 fully saturated rings. The van der Waals surface area contributed by atoms with Crippen molar-refractivity contribution in [1.82, 2.24) is 14.3 Å². The van der Waals surface area contributed by atoms with Crippen molar-refractivity contribution in [3.63, 3.8) is 0 Å². The highest BCUT2D eigenvalue weighted by atomic mass is 35.5. The number of hydrogen-bond acceptors (Lipinski definition) is 4. The molecule has 1 aliphatic heterocycles. The van der Waals surface area contributed by atoms with Gasteiger partial charge in [-0.15, -0.1) is 0 Å². The molecule has 1 N–H and O–H groups in total. The number of fused-ring (bicyclic) bond motifs is 1. The summed E-state index contributed by atoms with van der Waals surface area (Å²) in [6.45, 7) is 4.91. The number of rotatable bonds is 6. The highest BCUT2D eigenvalue weighted by Gasteiger charge is 2.24. The maximum atomic E-state index is 13.1. The number of para-hydroxylation sites is 1. The van der Waals surface area contributed by atoms with Crippen LogP contribution in [0.3, 0.4) is 0 Å². The first-order chi connectivity index (χ1) is 17.0. The van der Waals surface area contributed by atoms with E-state index in [1.165, 1.54) is 5.56 Å². The second-order valence-corrected chi connectivity index (χ2v) is 9.39. The van der Waals surface area contributed by atoms with E-state index in [1.54, 1.807) is 0 Å². The monoisotopic (exact) mass is 507 g/mol. The van der Waals surface area contributed by atoms with Crippen molar-refractivity contribution in [2.75, 3.05) is 42.9 Å². The Bertz CT molecular complexity index is 1320. The molecular formula is C27H27Cl2N5O. The molecule has 6 nitrogen and oxygen atoms in total. The van der Waals surface area contributed by atoms with Crippen LogP contribution in [0.5, 0.6) is 0 Å². The van der Waals surface area contributed by atoms with Gasteiger partial charge in [-0.3, -0.25) is 9.20 Å². The first-order valence-corrected chi connectivity index (χ1v) is 12.6. The molecule has 2 aromatic carbocycles. The number of piperazine rings is 1. The Hall–Kier alpha value is -3.22. The Morgan fingerprint density at radius 2 is 1.66 bits per heavy atom. The Labute approximate surface area is 215 Å². The van der Waals surface area contributed by atoms with Gasteiger partial charge in [-0.05, 0) is 36.2 Å². The number of amides is 1. The van der Waals surface area contributed by atoms with Crippen LogP contribution < -0.4 is 10.2 Å². The van der Waals surface area contributed by atoms with Crippen molar-refractivity contribution < 1.29 is 4.79 Å². The van der Waals surface area contributed by atoms with Crippen LogP contribution in [-0.4, -0.2) is 52.9 Å². The van der Waals surface area contributed by atoms with Crippen LogP contribution >= 0.6 is 23.2 Å². The molecule has 0 unspecified atom stereocenters. The summed E-state index contributed by atoms with van der Waals surface area (Å²) < 4.78 is 1.99. The number of benzene rings is 2. The zero-order valence-corrected chi connectivity index (χ0v) is 21.1. The third kappa shape index (κ3) is 4.81. The van der Waals surface area contributed by atoms with Gasteiger partial charge in [0.15, 0.2) is 0 Å². The molecule has 0 aliphatic carbocycles. The lowest BCUT2D eigenvalue weighted by atomic mass is 10.1. The first-order valence-electron chi connectivity index (χ1n) is 11.8. The quantitative estimate of drug-likeness (QED) is 0.367. The van der Waals surface area contributed by atoms with Crippen molar-refractivity contribution in [3.05, 3.63) is 82.5 Å². The lowest BCUT2D eigenvalue weighted by Crippen LogP contribution is -2.50. The summed E-state index contributed by atoms with van der Waals surface area (Å²) >= 11 is 12.7. The zero-order chi connectivity index (χ0) is 24.4. The molecule has 1 amide bonds. The molecular weight excluding hydrogens is 481 g/mol. The highest BCUT2D eigenvalue weighted by Crippen LogP contribution is 2.34. The van der Waals surface area contributed by atoms with Crippen molar-refractivity contribution in [2.24, 2.45) is 0 Å². The number of carbonyl (C=O) groups excluding carboxylic acids is 1. The second kappa shape index (κ2) is 10.2. The molecule has 0 atom stereocenters. The average Bonchev–Trinajstić information content (AvgIpc) is 3.26. The topological polar surface area (TPSA) is 52.9 Å². The third-order valence-electron chi connectivity index (χ3n) is 6.46. The van der Waals surface area contributed by atoms with Crippen molar-refractivity contribution in [1.29, 1.82) is 0 Å². The van der Waals surface area contributed by atoms with E-state index < -0.39 is 0 Å². The van der Waals surface area contributed by atoms with Gasteiger partial charge in [0.05, 0.1) is 22.3 Å². The van der Waals surface area contributed by atoms with Crippen LogP contribution in [0.15, 0.2) is 66.9 Å². The van der Waals surface area contributed by atoms with Crippen LogP contribution in [0.4, 0.5) is 11.5 Å². The van der Waals surface area contributed by atoms with E-state index in [4.69, 9.17) is 28.2 Å². The summed E-state index contributed by atoms with van der Waals surface area (Å²) in [5.74, 6) is 0.868. The fourth-order valence-corrected chi connectivity index (χ4v) is 5.14. The molecule has 0 spiro atoms. The zero-order valence-electron chi connectivity index (χ0n) is 19.5. The molecule has 5 rings (SSSR count). The number of nitrogens with zero attached hydrogens (tertiary/aromatic N) is 4. The predicted octanol–water partition coefficient (Wildman–Crippen LogP) is 5.63. The van der Waals surface area contributed by atoms with Gasteiger partial charge >= 0.3 is 0 Å². The van der Waals surface area contributed by atoms with Crippen molar-refractivity contribution >= 4 is 46.3 Å². The van der Waals surface area contributed by atoms with Gasteiger partial charge in [0.1, 0.15) is 17.2 Å². The normalized spacial score (nSPS) is 13.9. The van der Waals surface area contributed by atoms with E-state index in [1.807, 2.05) is 51.9 Å². The number of hydrogen-bond donors (Lipinski definition) is 1. The number of aromatic nitrogens is 2. The number of aryl methyl sites for hydroxylation is 1. The van der Waals surface area contributed by atoms with Gasteiger partial charge in [0.25, 0.3) is 0 Å². The second-order valence-electron chi connectivity index (χ2n) is 8.58. The summed E-state index contributed by atoms with van der Waals surface area (Å²) in [6.07, 6.45) is 2.95. The maximum Gasteiger partial charge on any atom is 0.242 e. The standard InChI is InChI=1S/C27H27Cl2N5O/c1-2-19-9-11-20(12-10-19)25-27(34-13-4-3-8-23(34)31-25)30-18-24(35)32-14-16-33(17-15-32)26-21(28)6-5-7-22(26)29/h3-13,30H,2,14-18H2,1H3. The average molecular weight is 508 g/mol. The smallest absolute Gasteiger partial charge is 0.242 e. The van der Waals surface area contributed by atoms with Crippen LogP contribution in [0, 0.1) is 0 Å². The summed E-state index contributed by atoms with van der Waals surface area (Å²) in [7, 11) is 0. The van der Waals surface area contributed by atoms with E-state index in [2.05, 4.69) is 41.4 Å². The summed E-state index contributed by atoms with van der Waals surface area (Å²) in [6, 6.07) is 19.8. The van der Waals surface area contributed by atoms with Crippen LogP contribution in [-0.2, 0) is 11.2 Å². The number of carbonyl (C=O) groups is 1. The molecule has 0 radical (unpaired) electrons.